The summed E-state index contributed by atoms with van der Waals surface area (Å²) in [4.78, 5) is 0. The summed E-state index contributed by atoms with van der Waals surface area (Å²) in [5.41, 5.74) is 5.58. The van der Waals surface area contributed by atoms with Crippen molar-refractivity contribution in [2.45, 2.75) is 19.4 Å². The third-order valence-electron chi connectivity index (χ3n) is 1.67. The van der Waals surface area contributed by atoms with Gasteiger partial charge in [-0.3, -0.25) is 0 Å². The van der Waals surface area contributed by atoms with Gasteiger partial charge in [0.15, 0.2) is 0 Å². The molecule has 0 saturated heterocycles. The summed E-state index contributed by atoms with van der Waals surface area (Å²) < 4.78 is 5.44. The largest absolute Gasteiger partial charge is 0.492 e. The van der Waals surface area contributed by atoms with Gasteiger partial charge in [0.1, 0.15) is 5.75 Å². The van der Waals surface area contributed by atoms with Gasteiger partial charge in [-0.15, -0.1) is 0 Å². The van der Waals surface area contributed by atoms with E-state index in [4.69, 9.17) is 22.1 Å². The summed E-state index contributed by atoms with van der Waals surface area (Å²) >= 11 is 5.88. The SMILES string of the molecule is CC(N)CCOc1ccccc1Cl. The van der Waals surface area contributed by atoms with Crippen molar-refractivity contribution in [3.8, 4) is 5.75 Å². The molecule has 0 spiro atoms. The fraction of sp³-hybridized carbons (Fsp3) is 0.400. The first-order valence-corrected chi connectivity index (χ1v) is 4.71. The Balaban J connectivity index is 2.41. The molecule has 0 aliphatic carbocycles. The molecule has 0 aliphatic heterocycles. The Bertz CT molecular complexity index is 263. The highest BCUT2D eigenvalue weighted by atomic mass is 35.5. The highest BCUT2D eigenvalue weighted by molar-refractivity contribution is 6.32. The van der Waals surface area contributed by atoms with Crippen molar-refractivity contribution in [2.75, 3.05) is 6.61 Å². The lowest BCUT2D eigenvalue weighted by Gasteiger charge is -2.08. The fourth-order valence-corrected chi connectivity index (χ4v) is 1.11. The lowest BCUT2D eigenvalue weighted by Crippen LogP contribution is -2.18. The van der Waals surface area contributed by atoms with Crippen molar-refractivity contribution >= 4 is 11.6 Å². The van der Waals surface area contributed by atoms with E-state index < -0.39 is 0 Å². The zero-order valence-electron chi connectivity index (χ0n) is 7.66. The van der Waals surface area contributed by atoms with Gasteiger partial charge in [0.2, 0.25) is 0 Å². The highest BCUT2D eigenvalue weighted by Gasteiger charge is 1.99. The Kier molecular flexibility index (Phi) is 4.06. The molecule has 0 fully saturated rings. The van der Waals surface area contributed by atoms with Crippen molar-refractivity contribution in [1.82, 2.24) is 0 Å². The zero-order chi connectivity index (χ0) is 9.68. The minimum absolute atomic E-state index is 0.169. The Morgan fingerprint density at radius 1 is 1.46 bits per heavy atom. The fourth-order valence-electron chi connectivity index (χ4n) is 0.917. The second kappa shape index (κ2) is 5.10. The van der Waals surface area contributed by atoms with Crippen LogP contribution in [0.1, 0.15) is 13.3 Å². The molecule has 2 nitrogen and oxygen atoms in total. The molecule has 1 rings (SSSR count). The first kappa shape index (κ1) is 10.4. The number of halogens is 1. The van der Waals surface area contributed by atoms with Crippen LogP contribution in [0.4, 0.5) is 0 Å². The standard InChI is InChI=1S/C10H14ClNO/c1-8(12)6-7-13-10-5-3-2-4-9(10)11/h2-5,8H,6-7,12H2,1H3. The van der Waals surface area contributed by atoms with Gasteiger partial charge < -0.3 is 10.5 Å². The predicted octanol–water partition coefficient (Wildman–Crippen LogP) is 2.46. The molecule has 0 bridgehead atoms. The molecular formula is C10H14ClNO. The zero-order valence-corrected chi connectivity index (χ0v) is 8.42. The van der Waals surface area contributed by atoms with Gasteiger partial charge in [0.25, 0.3) is 0 Å². The molecule has 0 radical (unpaired) electrons. The molecule has 2 N–H and O–H groups in total. The van der Waals surface area contributed by atoms with Crippen LogP contribution in [0.3, 0.4) is 0 Å². The number of hydrogen-bond acceptors (Lipinski definition) is 2. The molecule has 1 atom stereocenters. The third kappa shape index (κ3) is 3.66. The molecule has 0 amide bonds. The average molecular weight is 200 g/mol. The Labute approximate surface area is 83.6 Å². The summed E-state index contributed by atoms with van der Waals surface area (Å²) in [6.45, 7) is 2.57. The first-order chi connectivity index (χ1) is 6.20. The van der Waals surface area contributed by atoms with E-state index >= 15 is 0 Å². The van der Waals surface area contributed by atoms with Crippen molar-refractivity contribution in [3.05, 3.63) is 29.3 Å². The van der Waals surface area contributed by atoms with Crippen LogP contribution in [-0.4, -0.2) is 12.6 Å². The van der Waals surface area contributed by atoms with Gasteiger partial charge in [0.05, 0.1) is 11.6 Å². The van der Waals surface area contributed by atoms with Crippen LogP contribution in [0.25, 0.3) is 0 Å². The maximum absolute atomic E-state index is 5.88. The Morgan fingerprint density at radius 3 is 2.77 bits per heavy atom. The van der Waals surface area contributed by atoms with E-state index in [1.807, 2.05) is 31.2 Å². The van der Waals surface area contributed by atoms with E-state index in [9.17, 15) is 0 Å². The molecule has 13 heavy (non-hydrogen) atoms. The van der Waals surface area contributed by atoms with E-state index in [0.29, 0.717) is 11.6 Å². The summed E-state index contributed by atoms with van der Waals surface area (Å²) in [7, 11) is 0. The van der Waals surface area contributed by atoms with Crippen molar-refractivity contribution in [1.29, 1.82) is 0 Å². The maximum Gasteiger partial charge on any atom is 0.137 e. The van der Waals surface area contributed by atoms with Crippen LogP contribution in [-0.2, 0) is 0 Å². The molecule has 1 aromatic rings. The van der Waals surface area contributed by atoms with Crippen LogP contribution >= 0.6 is 11.6 Å². The molecule has 0 saturated carbocycles. The topological polar surface area (TPSA) is 35.2 Å². The second-order valence-electron chi connectivity index (χ2n) is 3.04. The second-order valence-corrected chi connectivity index (χ2v) is 3.45. The molecule has 72 valence electrons. The first-order valence-electron chi connectivity index (χ1n) is 4.33. The van der Waals surface area contributed by atoms with Crippen LogP contribution in [0.5, 0.6) is 5.75 Å². The van der Waals surface area contributed by atoms with E-state index in [1.165, 1.54) is 0 Å². The van der Waals surface area contributed by atoms with Crippen molar-refractivity contribution < 1.29 is 4.74 Å². The summed E-state index contributed by atoms with van der Waals surface area (Å²) in [5.74, 6) is 0.727. The number of para-hydroxylation sites is 1. The minimum atomic E-state index is 0.169. The lowest BCUT2D eigenvalue weighted by atomic mass is 10.3. The normalized spacial score (nSPS) is 12.5. The van der Waals surface area contributed by atoms with Gasteiger partial charge in [-0.25, -0.2) is 0 Å². The quantitative estimate of drug-likeness (QED) is 0.809. The number of ether oxygens (including phenoxy) is 1. The summed E-state index contributed by atoms with van der Waals surface area (Å²) in [5, 5.41) is 0.646. The molecule has 1 unspecified atom stereocenters. The van der Waals surface area contributed by atoms with Crippen LogP contribution < -0.4 is 10.5 Å². The van der Waals surface area contributed by atoms with Crippen molar-refractivity contribution in [3.63, 3.8) is 0 Å². The number of nitrogens with two attached hydrogens (primary N) is 1. The summed E-state index contributed by atoms with van der Waals surface area (Å²) in [6.07, 6.45) is 0.839. The van der Waals surface area contributed by atoms with Crippen molar-refractivity contribution in [2.24, 2.45) is 5.73 Å². The van der Waals surface area contributed by atoms with Gasteiger partial charge in [0, 0.05) is 6.04 Å². The number of hydrogen-bond donors (Lipinski definition) is 1. The molecule has 3 heteroatoms. The van der Waals surface area contributed by atoms with Crippen LogP contribution in [0.2, 0.25) is 5.02 Å². The third-order valence-corrected chi connectivity index (χ3v) is 1.98. The number of benzene rings is 1. The monoisotopic (exact) mass is 199 g/mol. The molecule has 0 aliphatic rings. The Hall–Kier alpha value is -0.730. The number of rotatable bonds is 4. The van der Waals surface area contributed by atoms with Gasteiger partial charge in [-0.2, -0.15) is 0 Å². The van der Waals surface area contributed by atoms with Gasteiger partial charge in [-0.1, -0.05) is 23.7 Å². The van der Waals surface area contributed by atoms with Crippen LogP contribution in [0.15, 0.2) is 24.3 Å². The van der Waals surface area contributed by atoms with E-state index in [1.54, 1.807) is 0 Å². The Morgan fingerprint density at radius 2 is 2.15 bits per heavy atom. The molecular weight excluding hydrogens is 186 g/mol. The predicted molar refractivity (Wildman–Crippen MR) is 55.2 cm³/mol. The molecule has 0 aromatic heterocycles. The van der Waals surface area contributed by atoms with Gasteiger partial charge >= 0.3 is 0 Å². The maximum atomic E-state index is 5.88. The van der Waals surface area contributed by atoms with E-state index in [-0.39, 0.29) is 6.04 Å². The minimum Gasteiger partial charge on any atom is -0.492 e. The smallest absolute Gasteiger partial charge is 0.137 e. The molecule has 1 aromatic carbocycles. The highest BCUT2D eigenvalue weighted by Crippen LogP contribution is 2.22. The molecule has 0 heterocycles. The van der Waals surface area contributed by atoms with E-state index in [2.05, 4.69) is 0 Å². The van der Waals surface area contributed by atoms with Gasteiger partial charge in [-0.05, 0) is 25.5 Å². The summed E-state index contributed by atoms with van der Waals surface area (Å²) in [6, 6.07) is 7.60. The van der Waals surface area contributed by atoms with E-state index in [0.717, 1.165) is 12.2 Å². The van der Waals surface area contributed by atoms with Crippen LogP contribution in [0, 0.1) is 0 Å². The average Bonchev–Trinajstić information content (AvgIpc) is 2.08. The lowest BCUT2D eigenvalue weighted by molar-refractivity contribution is 0.301.